The second kappa shape index (κ2) is 11.1. The largest absolute Gasteiger partial charge is 0.357 e. The Kier molecular flexibility index (Phi) is 8.77. The highest BCUT2D eigenvalue weighted by Crippen LogP contribution is 2.19. The molecule has 1 atom stereocenters. The number of carbonyl (C=O) groups is 2. The summed E-state index contributed by atoms with van der Waals surface area (Å²) in [4.78, 5) is 26.7. The predicted octanol–water partition coefficient (Wildman–Crippen LogP) is 2.84. The van der Waals surface area contributed by atoms with Crippen LogP contribution in [0.3, 0.4) is 0 Å². The summed E-state index contributed by atoms with van der Waals surface area (Å²) < 4.78 is 38.8. The van der Waals surface area contributed by atoms with Gasteiger partial charge in [0.05, 0.1) is 11.9 Å². The highest BCUT2D eigenvalue weighted by atomic mass is 32.2. The van der Waals surface area contributed by atoms with Crippen molar-refractivity contribution in [2.24, 2.45) is 0 Å². The van der Waals surface area contributed by atoms with Crippen LogP contribution in [0.15, 0.2) is 48.5 Å². The van der Waals surface area contributed by atoms with Crippen molar-refractivity contribution in [2.75, 3.05) is 24.2 Å². The van der Waals surface area contributed by atoms with Gasteiger partial charge in [-0.25, -0.2) is 12.8 Å². The van der Waals surface area contributed by atoms with Gasteiger partial charge >= 0.3 is 0 Å². The maximum Gasteiger partial charge on any atom is 0.242 e. The molecule has 174 valence electrons. The fraction of sp³-hybridized carbons (Fsp3) is 0.391. The Labute approximate surface area is 189 Å². The zero-order chi connectivity index (χ0) is 23.9. The minimum absolute atomic E-state index is 0.0560. The summed E-state index contributed by atoms with van der Waals surface area (Å²) in [6.07, 6.45) is 1.37. The molecule has 0 aliphatic heterocycles. The Balaban J connectivity index is 2.12. The molecule has 0 spiro atoms. The van der Waals surface area contributed by atoms with Crippen LogP contribution >= 0.6 is 0 Å². The first-order valence-electron chi connectivity index (χ1n) is 10.3. The summed E-state index contributed by atoms with van der Waals surface area (Å²) in [5.74, 6) is -1.00. The van der Waals surface area contributed by atoms with E-state index in [0.29, 0.717) is 5.69 Å². The molecule has 2 amide bonds. The van der Waals surface area contributed by atoms with Gasteiger partial charge in [0.25, 0.3) is 0 Å². The topological polar surface area (TPSA) is 86.8 Å². The molecular weight excluding hydrogens is 433 g/mol. The molecule has 0 radical (unpaired) electrons. The molecule has 0 fully saturated rings. The van der Waals surface area contributed by atoms with E-state index < -0.39 is 21.9 Å². The van der Waals surface area contributed by atoms with Gasteiger partial charge in [0, 0.05) is 26.6 Å². The molecule has 0 saturated carbocycles. The second-order valence-electron chi connectivity index (χ2n) is 7.71. The number of carbonyl (C=O) groups excluding carboxylic acids is 2. The number of amides is 2. The molecule has 1 unspecified atom stereocenters. The Morgan fingerprint density at radius 3 is 2.19 bits per heavy atom. The molecule has 1 N–H and O–H groups in total. The third kappa shape index (κ3) is 7.05. The molecule has 2 rings (SSSR count). The third-order valence-corrected chi connectivity index (χ3v) is 6.35. The molecule has 0 aliphatic carbocycles. The van der Waals surface area contributed by atoms with Gasteiger partial charge in [0.1, 0.15) is 11.9 Å². The second-order valence-corrected chi connectivity index (χ2v) is 9.62. The number of aryl methyl sites for hydroxylation is 1. The number of hydrogen-bond donors (Lipinski definition) is 1. The molecule has 0 bridgehead atoms. The Morgan fingerprint density at radius 1 is 1.06 bits per heavy atom. The number of likely N-dealkylation sites (N-methyl/N-ethyl adjacent to an activating group) is 1. The summed E-state index contributed by atoms with van der Waals surface area (Å²) in [5, 5.41) is 2.56. The van der Waals surface area contributed by atoms with Crippen LogP contribution in [-0.2, 0) is 26.2 Å². The quantitative estimate of drug-likeness (QED) is 0.587. The molecule has 2 aromatic carbocycles. The van der Waals surface area contributed by atoms with Crippen molar-refractivity contribution in [3.8, 4) is 0 Å². The van der Waals surface area contributed by atoms with Crippen LogP contribution in [-0.4, -0.2) is 51.0 Å². The molecule has 7 nitrogen and oxygen atoms in total. The van der Waals surface area contributed by atoms with E-state index in [1.54, 1.807) is 6.92 Å². The van der Waals surface area contributed by atoms with Crippen LogP contribution in [0.25, 0.3) is 0 Å². The van der Waals surface area contributed by atoms with Crippen LogP contribution < -0.4 is 9.62 Å². The molecule has 0 aromatic heterocycles. The first kappa shape index (κ1) is 25.3. The first-order valence-corrected chi connectivity index (χ1v) is 12.2. The first-order chi connectivity index (χ1) is 15.0. The van der Waals surface area contributed by atoms with E-state index in [9.17, 15) is 22.4 Å². The molecule has 0 aliphatic rings. The Hall–Kier alpha value is -2.94. The number of nitrogens with one attached hydrogen (secondary N) is 1. The summed E-state index contributed by atoms with van der Waals surface area (Å²) in [6.45, 7) is 3.95. The van der Waals surface area contributed by atoms with Gasteiger partial charge < -0.3 is 10.2 Å². The van der Waals surface area contributed by atoms with Gasteiger partial charge in [-0.05, 0) is 50.1 Å². The molecule has 9 heteroatoms. The Bertz CT molecular complexity index is 1020. The fourth-order valence-electron chi connectivity index (χ4n) is 3.29. The standard InChI is InChI=1S/C23H30FN3O4S/c1-17-7-9-19(10-8-17)16-26(18(2)23(29)25-3)22(28)6-5-15-27(32(4,30)31)21-13-11-20(24)12-14-21/h7-14,18H,5-6,15-16H2,1-4H3,(H,25,29). The number of anilines is 1. The number of hydrogen-bond acceptors (Lipinski definition) is 4. The van der Waals surface area contributed by atoms with E-state index in [1.807, 2.05) is 31.2 Å². The molecule has 32 heavy (non-hydrogen) atoms. The zero-order valence-corrected chi connectivity index (χ0v) is 19.7. The van der Waals surface area contributed by atoms with Crippen LogP contribution in [0.2, 0.25) is 0 Å². The average molecular weight is 464 g/mol. The lowest BCUT2D eigenvalue weighted by atomic mass is 10.1. The van der Waals surface area contributed by atoms with Crippen molar-refractivity contribution in [2.45, 2.75) is 39.3 Å². The van der Waals surface area contributed by atoms with Crippen molar-refractivity contribution in [3.63, 3.8) is 0 Å². The lowest BCUT2D eigenvalue weighted by Gasteiger charge is -2.29. The van der Waals surface area contributed by atoms with Crippen molar-refractivity contribution < 1.29 is 22.4 Å². The zero-order valence-electron chi connectivity index (χ0n) is 18.8. The van der Waals surface area contributed by atoms with Gasteiger partial charge in [0.15, 0.2) is 0 Å². The predicted molar refractivity (Wildman–Crippen MR) is 123 cm³/mol. The number of halogens is 1. The highest BCUT2D eigenvalue weighted by Gasteiger charge is 2.26. The maximum atomic E-state index is 13.2. The molecule has 0 saturated heterocycles. The van der Waals surface area contributed by atoms with Crippen LogP contribution in [0.4, 0.5) is 10.1 Å². The van der Waals surface area contributed by atoms with Gasteiger partial charge in [-0.2, -0.15) is 0 Å². The highest BCUT2D eigenvalue weighted by molar-refractivity contribution is 7.92. The van der Waals surface area contributed by atoms with Crippen molar-refractivity contribution in [1.29, 1.82) is 0 Å². The van der Waals surface area contributed by atoms with E-state index in [1.165, 1.54) is 36.2 Å². The van der Waals surface area contributed by atoms with Crippen molar-refractivity contribution in [3.05, 3.63) is 65.5 Å². The minimum Gasteiger partial charge on any atom is -0.357 e. The van der Waals surface area contributed by atoms with Gasteiger partial charge in [-0.15, -0.1) is 0 Å². The smallest absolute Gasteiger partial charge is 0.242 e. The van der Waals surface area contributed by atoms with Crippen molar-refractivity contribution in [1.82, 2.24) is 10.2 Å². The number of nitrogens with zero attached hydrogens (tertiary/aromatic N) is 2. The van der Waals surface area contributed by atoms with E-state index in [-0.39, 0.29) is 37.7 Å². The summed E-state index contributed by atoms with van der Waals surface area (Å²) in [5.41, 5.74) is 2.31. The lowest BCUT2D eigenvalue weighted by molar-refractivity contribution is -0.140. The number of sulfonamides is 1. The SMILES string of the molecule is CNC(=O)C(C)N(Cc1ccc(C)cc1)C(=O)CCCN(c1ccc(F)cc1)S(C)(=O)=O. The van der Waals surface area contributed by atoms with Crippen LogP contribution in [0.1, 0.15) is 30.9 Å². The third-order valence-electron chi connectivity index (χ3n) is 5.15. The van der Waals surface area contributed by atoms with E-state index >= 15 is 0 Å². The number of rotatable bonds is 10. The van der Waals surface area contributed by atoms with Crippen molar-refractivity contribution >= 4 is 27.5 Å². The van der Waals surface area contributed by atoms with Gasteiger partial charge in [0.2, 0.25) is 21.8 Å². The Morgan fingerprint density at radius 2 is 1.66 bits per heavy atom. The molecular formula is C23H30FN3O4S. The molecule has 0 heterocycles. The molecule has 2 aromatic rings. The number of benzene rings is 2. The lowest BCUT2D eigenvalue weighted by Crippen LogP contribution is -2.46. The van der Waals surface area contributed by atoms with Gasteiger partial charge in [-0.3, -0.25) is 13.9 Å². The van der Waals surface area contributed by atoms with Gasteiger partial charge in [-0.1, -0.05) is 29.8 Å². The van der Waals surface area contributed by atoms with E-state index in [4.69, 9.17) is 0 Å². The van der Waals surface area contributed by atoms with Crippen LogP contribution in [0.5, 0.6) is 0 Å². The minimum atomic E-state index is -3.61. The summed E-state index contributed by atoms with van der Waals surface area (Å²) in [7, 11) is -2.10. The van der Waals surface area contributed by atoms with Crippen LogP contribution in [0, 0.1) is 12.7 Å². The summed E-state index contributed by atoms with van der Waals surface area (Å²) >= 11 is 0. The summed E-state index contributed by atoms with van der Waals surface area (Å²) in [6, 6.07) is 12.2. The monoisotopic (exact) mass is 463 g/mol. The maximum absolute atomic E-state index is 13.2. The fourth-order valence-corrected chi connectivity index (χ4v) is 4.26. The average Bonchev–Trinajstić information content (AvgIpc) is 2.75. The normalized spacial score (nSPS) is 12.2. The van der Waals surface area contributed by atoms with E-state index in [0.717, 1.165) is 21.7 Å². The van der Waals surface area contributed by atoms with E-state index in [2.05, 4.69) is 5.32 Å².